The first-order valence-corrected chi connectivity index (χ1v) is 5.41. The van der Waals surface area contributed by atoms with Gasteiger partial charge in [0.2, 0.25) is 0 Å². The van der Waals surface area contributed by atoms with Gasteiger partial charge in [-0.25, -0.2) is 0 Å². The molecule has 0 atom stereocenters. The maximum Gasteiger partial charge on any atom is 0.0925 e. The van der Waals surface area contributed by atoms with Gasteiger partial charge in [0, 0.05) is 17.8 Å². The van der Waals surface area contributed by atoms with E-state index in [1.165, 1.54) is 11.3 Å². The van der Waals surface area contributed by atoms with Gasteiger partial charge in [0.15, 0.2) is 0 Å². The molecule has 2 aromatic rings. The van der Waals surface area contributed by atoms with Crippen LogP contribution in [0.3, 0.4) is 0 Å². The molecule has 0 aliphatic heterocycles. The van der Waals surface area contributed by atoms with E-state index >= 15 is 0 Å². The second-order valence-corrected chi connectivity index (χ2v) is 3.76. The van der Waals surface area contributed by atoms with Gasteiger partial charge < -0.3 is 0 Å². The molecule has 1 aromatic heterocycles. The van der Waals surface area contributed by atoms with Gasteiger partial charge in [-0.2, -0.15) is 5.10 Å². The molecule has 0 amide bonds. The standard InChI is InChI=1S/C13H16N2/c1-3-9-15-11(2)10-13(14-15)12-7-5-4-6-8-12/h4-8,10H,3,9H2,1-2H3. The Kier molecular flexibility index (Phi) is 2.86. The number of benzene rings is 1. The monoisotopic (exact) mass is 200 g/mol. The van der Waals surface area contributed by atoms with Gasteiger partial charge in [-0.1, -0.05) is 37.3 Å². The summed E-state index contributed by atoms with van der Waals surface area (Å²) < 4.78 is 2.07. The number of aromatic nitrogens is 2. The van der Waals surface area contributed by atoms with Gasteiger partial charge >= 0.3 is 0 Å². The third-order valence-electron chi connectivity index (χ3n) is 2.49. The predicted octanol–water partition coefficient (Wildman–Crippen LogP) is 3.27. The molecule has 0 saturated heterocycles. The molecular formula is C13H16N2. The zero-order chi connectivity index (χ0) is 10.7. The van der Waals surface area contributed by atoms with E-state index < -0.39 is 0 Å². The molecule has 0 unspecified atom stereocenters. The van der Waals surface area contributed by atoms with Gasteiger partial charge in [0.1, 0.15) is 0 Å². The SMILES string of the molecule is CCCn1nc(-c2ccccc2)cc1C. The highest BCUT2D eigenvalue weighted by molar-refractivity contribution is 5.58. The van der Waals surface area contributed by atoms with E-state index in [0.717, 1.165) is 18.7 Å². The summed E-state index contributed by atoms with van der Waals surface area (Å²) in [4.78, 5) is 0. The minimum atomic E-state index is 0.999. The zero-order valence-electron chi connectivity index (χ0n) is 9.27. The van der Waals surface area contributed by atoms with E-state index in [0.29, 0.717) is 0 Å². The summed E-state index contributed by atoms with van der Waals surface area (Å²) in [6.07, 6.45) is 1.12. The highest BCUT2D eigenvalue weighted by atomic mass is 15.3. The van der Waals surface area contributed by atoms with Crippen molar-refractivity contribution in [1.82, 2.24) is 9.78 Å². The fourth-order valence-corrected chi connectivity index (χ4v) is 1.70. The average molecular weight is 200 g/mol. The Bertz CT molecular complexity index is 429. The van der Waals surface area contributed by atoms with Crippen molar-refractivity contribution in [3.05, 3.63) is 42.1 Å². The largest absolute Gasteiger partial charge is 0.269 e. The van der Waals surface area contributed by atoms with Gasteiger partial charge in [0.05, 0.1) is 5.69 Å². The topological polar surface area (TPSA) is 17.8 Å². The number of hydrogen-bond donors (Lipinski definition) is 0. The Balaban J connectivity index is 2.34. The van der Waals surface area contributed by atoms with E-state index in [9.17, 15) is 0 Å². The third-order valence-corrected chi connectivity index (χ3v) is 2.49. The maximum atomic E-state index is 4.59. The fraction of sp³-hybridized carbons (Fsp3) is 0.308. The summed E-state index contributed by atoms with van der Waals surface area (Å²) in [7, 11) is 0. The summed E-state index contributed by atoms with van der Waals surface area (Å²) in [5, 5.41) is 4.59. The number of aryl methyl sites for hydroxylation is 2. The molecular weight excluding hydrogens is 184 g/mol. The molecule has 2 nitrogen and oxygen atoms in total. The lowest BCUT2D eigenvalue weighted by atomic mass is 10.1. The Morgan fingerprint density at radius 3 is 2.60 bits per heavy atom. The molecule has 78 valence electrons. The van der Waals surface area contributed by atoms with Crippen LogP contribution in [0.1, 0.15) is 19.0 Å². The molecule has 2 heteroatoms. The highest BCUT2D eigenvalue weighted by Gasteiger charge is 2.04. The summed E-state index contributed by atoms with van der Waals surface area (Å²) >= 11 is 0. The Labute approximate surface area is 90.6 Å². The summed E-state index contributed by atoms with van der Waals surface area (Å²) in [6, 6.07) is 12.5. The van der Waals surface area contributed by atoms with Crippen LogP contribution in [0.4, 0.5) is 0 Å². The van der Waals surface area contributed by atoms with E-state index in [-0.39, 0.29) is 0 Å². The summed E-state index contributed by atoms with van der Waals surface area (Å²) in [5.41, 5.74) is 3.49. The summed E-state index contributed by atoms with van der Waals surface area (Å²) in [6.45, 7) is 5.27. The van der Waals surface area contributed by atoms with Crippen molar-refractivity contribution in [1.29, 1.82) is 0 Å². The van der Waals surface area contributed by atoms with Crippen LogP contribution in [0.2, 0.25) is 0 Å². The first kappa shape index (κ1) is 9.97. The smallest absolute Gasteiger partial charge is 0.0925 e. The molecule has 2 rings (SSSR count). The predicted molar refractivity (Wildman–Crippen MR) is 62.7 cm³/mol. The second-order valence-electron chi connectivity index (χ2n) is 3.76. The molecule has 1 heterocycles. The van der Waals surface area contributed by atoms with Crippen molar-refractivity contribution in [2.24, 2.45) is 0 Å². The maximum absolute atomic E-state index is 4.59. The van der Waals surface area contributed by atoms with Crippen LogP contribution in [-0.2, 0) is 6.54 Å². The van der Waals surface area contributed by atoms with Crippen LogP contribution in [0, 0.1) is 6.92 Å². The fourth-order valence-electron chi connectivity index (χ4n) is 1.70. The average Bonchev–Trinajstić information content (AvgIpc) is 2.63. The molecule has 0 bridgehead atoms. The summed E-state index contributed by atoms with van der Waals surface area (Å²) in [5.74, 6) is 0. The molecule has 1 aromatic carbocycles. The normalized spacial score (nSPS) is 10.5. The number of hydrogen-bond acceptors (Lipinski definition) is 1. The molecule has 0 radical (unpaired) electrons. The van der Waals surface area contributed by atoms with Gasteiger partial charge in [0.25, 0.3) is 0 Å². The third kappa shape index (κ3) is 2.09. The zero-order valence-corrected chi connectivity index (χ0v) is 9.27. The number of nitrogens with zero attached hydrogens (tertiary/aromatic N) is 2. The second kappa shape index (κ2) is 4.30. The first-order chi connectivity index (χ1) is 7.31. The Hall–Kier alpha value is -1.57. The minimum Gasteiger partial charge on any atom is -0.269 e. The van der Waals surface area contributed by atoms with Crippen LogP contribution in [0.25, 0.3) is 11.3 Å². The van der Waals surface area contributed by atoms with Crippen molar-refractivity contribution in [2.75, 3.05) is 0 Å². The van der Waals surface area contributed by atoms with Crippen LogP contribution in [0.15, 0.2) is 36.4 Å². The van der Waals surface area contributed by atoms with Crippen LogP contribution >= 0.6 is 0 Å². The lowest BCUT2D eigenvalue weighted by Crippen LogP contribution is -2.00. The molecule has 0 aliphatic carbocycles. The Morgan fingerprint density at radius 2 is 1.93 bits per heavy atom. The van der Waals surface area contributed by atoms with Crippen molar-refractivity contribution < 1.29 is 0 Å². The minimum absolute atomic E-state index is 0.999. The van der Waals surface area contributed by atoms with E-state index in [1.54, 1.807) is 0 Å². The van der Waals surface area contributed by atoms with Crippen LogP contribution < -0.4 is 0 Å². The van der Waals surface area contributed by atoms with Crippen LogP contribution in [-0.4, -0.2) is 9.78 Å². The molecule has 0 saturated carbocycles. The van der Waals surface area contributed by atoms with Gasteiger partial charge in [-0.05, 0) is 19.4 Å². The van der Waals surface area contributed by atoms with E-state index in [1.807, 2.05) is 18.2 Å². The van der Waals surface area contributed by atoms with Crippen molar-refractivity contribution >= 4 is 0 Å². The molecule has 15 heavy (non-hydrogen) atoms. The lowest BCUT2D eigenvalue weighted by Gasteiger charge is -1.99. The molecule has 0 N–H and O–H groups in total. The molecule has 0 aliphatic rings. The molecule has 0 spiro atoms. The van der Waals surface area contributed by atoms with E-state index in [4.69, 9.17) is 0 Å². The quantitative estimate of drug-likeness (QED) is 0.743. The Morgan fingerprint density at radius 1 is 1.20 bits per heavy atom. The van der Waals surface area contributed by atoms with Crippen LogP contribution in [0.5, 0.6) is 0 Å². The van der Waals surface area contributed by atoms with Gasteiger partial charge in [-0.15, -0.1) is 0 Å². The van der Waals surface area contributed by atoms with Crippen molar-refractivity contribution in [3.63, 3.8) is 0 Å². The number of rotatable bonds is 3. The first-order valence-electron chi connectivity index (χ1n) is 5.41. The van der Waals surface area contributed by atoms with Crippen molar-refractivity contribution in [3.8, 4) is 11.3 Å². The van der Waals surface area contributed by atoms with Gasteiger partial charge in [-0.3, -0.25) is 4.68 Å². The lowest BCUT2D eigenvalue weighted by molar-refractivity contribution is 0.589. The molecule has 0 fully saturated rings. The van der Waals surface area contributed by atoms with Crippen molar-refractivity contribution in [2.45, 2.75) is 26.8 Å². The van der Waals surface area contributed by atoms with E-state index in [2.05, 4.69) is 41.8 Å². The highest BCUT2D eigenvalue weighted by Crippen LogP contribution is 2.18.